The molecule has 1 aromatic rings. The summed E-state index contributed by atoms with van der Waals surface area (Å²) in [6.45, 7) is 2.22. The van der Waals surface area contributed by atoms with Crippen LogP contribution < -0.4 is 0 Å². The molecule has 21 heavy (non-hydrogen) atoms. The Hall–Kier alpha value is -1.03. The third-order valence-corrected chi connectivity index (χ3v) is 4.51. The fourth-order valence-corrected chi connectivity index (χ4v) is 3.13. The zero-order valence-corrected chi connectivity index (χ0v) is 13.6. The van der Waals surface area contributed by atoms with E-state index >= 15 is 0 Å². The fraction of sp³-hybridized carbons (Fsp3) is 0.588. The van der Waals surface area contributed by atoms with Crippen LogP contribution in [0, 0.1) is 5.82 Å². The lowest BCUT2D eigenvalue weighted by Gasteiger charge is -2.04. The summed E-state index contributed by atoms with van der Waals surface area (Å²) in [5.74, 6) is -0.916. The number of thioether (sulfide) groups is 1. The van der Waals surface area contributed by atoms with Gasteiger partial charge >= 0.3 is 5.97 Å². The van der Waals surface area contributed by atoms with Gasteiger partial charge in [0.2, 0.25) is 0 Å². The summed E-state index contributed by atoms with van der Waals surface area (Å²) in [5.41, 5.74) is -0.240. The average molecular weight is 312 g/mol. The molecule has 4 heteroatoms. The number of unbranched alkanes of at least 4 members (excludes halogenated alkanes) is 7. The van der Waals surface area contributed by atoms with Crippen molar-refractivity contribution in [3.8, 4) is 0 Å². The minimum Gasteiger partial charge on any atom is -0.478 e. The van der Waals surface area contributed by atoms with Crippen LogP contribution in [0.1, 0.15) is 68.6 Å². The van der Waals surface area contributed by atoms with Gasteiger partial charge in [0, 0.05) is 4.90 Å². The van der Waals surface area contributed by atoms with Crippen molar-refractivity contribution in [3.63, 3.8) is 0 Å². The Balaban J connectivity index is 2.16. The highest BCUT2D eigenvalue weighted by Crippen LogP contribution is 2.23. The van der Waals surface area contributed by atoms with E-state index in [9.17, 15) is 9.18 Å². The van der Waals surface area contributed by atoms with Crippen LogP contribution in [0.3, 0.4) is 0 Å². The highest BCUT2D eigenvalue weighted by atomic mass is 32.2. The summed E-state index contributed by atoms with van der Waals surface area (Å²) >= 11 is 1.60. The predicted molar refractivity (Wildman–Crippen MR) is 86.7 cm³/mol. The van der Waals surface area contributed by atoms with Crippen molar-refractivity contribution in [2.45, 2.75) is 63.2 Å². The first-order valence-corrected chi connectivity index (χ1v) is 8.79. The second-order valence-corrected chi connectivity index (χ2v) is 6.44. The van der Waals surface area contributed by atoms with Gasteiger partial charge in [0.1, 0.15) is 5.82 Å². The lowest BCUT2D eigenvalue weighted by molar-refractivity contribution is 0.0691. The number of carboxylic acid groups (broad SMARTS) is 1. The Kier molecular flexibility index (Phi) is 9.15. The SMILES string of the molecule is CCCCCCCCCCSc1ccc(F)c(C(=O)O)c1. The van der Waals surface area contributed by atoms with Crippen molar-refractivity contribution in [2.24, 2.45) is 0 Å². The first-order chi connectivity index (χ1) is 10.1. The van der Waals surface area contributed by atoms with Crippen molar-refractivity contribution >= 4 is 17.7 Å². The number of hydrogen-bond donors (Lipinski definition) is 1. The zero-order valence-electron chi connectivity index (χ0n) is 12.7. The normalized spacial score (nSPS) is 10.8. The molecular formula is C17H25FO2S. The highest BCUT2D eigenvalue weighted by Gasteiger charge is 2.10. The molecular weight excluding hydrogens is 287 g/mol. The molecule has 0 saturated heterocycles. The van der Waals surface area contributed by atoms with E-state index in [2.05, 4.69) is 6.92 Å². The number of hydrogen-bond acceptors (Lipinski definition) is 2. The van der Waals surface area contributed by atoms with E-state index < -0.39 is 11.8 Å². The van der Waals surface area contributed by atoms with Crippen LogP contribution in [0.4, 0.5) is 4.39 Å². The Morgan fingerprint density at radius 2 is 1.71 bits per heavy atom. The minimum atomic E-state index is -1.21. The van der Waals surface area contributed by atoms with Gasteiger partial charge in [-0.25, -0.2) is 9.18 Å². The fourth-order valence-electron chi connectivity index (χ4n) is 2.18. The first-order valence-electron chi connectivity index (χ1n) is 7.80. The van der Waals surface area contributed by atoms with Crippen LogP contribution >= 0.6 is 11.8 Å². The average Bonchev–Trinajstić information content (AvgIpc) is 2.47. The Morgan fingerprint density at radius 3 is 2.33 bits per heavy atom. The molecule has 1 aromatic carbocycles. The topological polar surface area (TPSA) is 37.3 Å². The maximum absolute atomic E-state index is 13.2. The number of rotatable bonds is 11. The third kappa shape index (κ3) is 7.51. The largest absolute Gasteiger partial charge is 0.478 e. The van der Waals surface area contributed by atoms with Crippen LogP contribution in [-0.2, 0) is 0 Å². The molecule has 0 unspecified atom stereocenters. The monoisotopic (exact) mass is 312 g/mol. The van der Waals surface area contributed by atoms with Gasteiger partial charge in [0.25, 0.3) is 0 Å². The second-order valence-electron chi connectivity index (χ2n) is 5.27. The maximum atomic E-state index is 13.2. The molecule has 0 atom stereocenters. The number of halogens is 1. The summed E-state index contributed by atoms with van der Waals surface area (Å²) in [7, 11) is 0. The highest BCUT2D eigenvalue weighted by molar-refractivity contribution is 7.99. The van der Waals surface area contributed by atoms with Gasteiger partial charge in [0.05, 0.1) is 5.56 Å². The number of carbonyl (C=O) groups is 1. The molecule has 118 valence electrons. The maximum Gasteiger partial charge on any atom is 0.338 e. The quantitative estimate of drug-likeness (QED) is 0.417. The molecule has 0 spiro atoms. The van der Waals surface area contributed by atoms with Gasteiger partial charge in [-0.15, -0.1) is 11.8 Å². The van der Waals surface area contributed by atoms with E-state index in [1.54, 1.807) is 17.8 Å². The third-order valence-electron chi connectivity index (χ3n) is 3.43. The molecule has 0 aliphatic heterocycles. The molecule has 0 aliphatic rings. The van der Waals surface area contributed by atoms with Crippen LogP contribution in [0.5, 0.6) is 0 Å². The number of carboxylic acids is 1. The summed E-state index contributed by atoms with van der Waals surface area (Å²) in [5, 5.41) is 8.87. The summed E-state index contributed by atoms with van der Waals surface area (Å²) in [6, 6.07) is 4.31. The molecule has 1 N–H and O–H groups in total. The predicted octanol–water partition coefficient (Wildman–Crippen LogP) is 5.76. The van der Waals surface area contributed by atoms with Crippen molar-refractivity contribution in [1.29, 1.82) is 0 Å². The number of aromatic carboxylic acids is 1. The van der Waals surface area contributed by atoms with Crippen molar-refractivity contribution in [3.05, 3.63) is 29.6 Å². The molecule has 0 aromatic heterocycles. The summed E-state index contributed by atoms with van der Waals surface area (Å²) in [4.78, 5) is 11.7. The minimum absolute atomic E-state index is 0.240. The molecule has 0 radical (unpaired) electrons. The van der Waals surface area contributed by atoms with Crippen LogP contribution in [0.25, 0.3) is 0 Å². The van der Waals surface area contributed by atoms with Gasteiger partial charge < -0.3 is 5.11 Å². The van der Waals surface area contributed by atoms with E-state index in [1.807, 2.05) is 0 Å². The lowest BCUT2D eigenvalue weighted by atomic mass is 10.1. The first kappa shape index (κ1) is 18.0. The Bertz CT molecular complexity index is 435. The molecule has 2 nitrogen and oxygen atoms in total. The van der Waals surface area contributed by atoms with Gasteiger partial charge in [0.15, 0.2) is 0 Å². The smallest absolute Gasteiger partial charge is 0.338 e. The summed E-state index contributed by atoms with van der Waals surface area (Å²) < 4.78 is 13.2. The van der Waals surface area contributed by atoms with Gasteiger partial charge in [-0.3, -0.25) is 0 Å². The van der Waals surface area contributed by atoms with E-state index in [0.29, 0.717) is 0 Å². The zero-order chi connectivity index (χ0) is 15.5. The molecule has 0 amide bonds. The van der Waals surface area contributed by atoms with Crippen molar-refractivity contribution in [1.82, 2.24) is 0 Å². The van der Waals surface area contributed by atoms with Crippen LogP contribution in [0.2, 0.25) is 0 Å². The molecule has 0 aliphatic carbocycles. The standard InChI is InChI=1S/C17H25FO2S/c1-2-3-4-5-6-7-8-9-12-21-14-10-11-16(18)15(13-14)17(19)20/h10-11,13H,2-9,12H2,1H3,(H,19,20). The van der Waals surface area contributed by atoms with E-state index in [0.717, 1.165) is 17.1 Å². The van der Waals surface area contributed by atoms with E-state index in [1.165, 1.54) is 57.1 Å². The van der Waals surface area contributed by atoms with Gasteiger partial charge in [-0.05, 0) is 30.4 Å². The van der Waals surface area contributed by atoms with Crippen LogP contribution in [0.15, 0.2) is 23.1 Å². The van der Waals surface area contributed by atoms with Crippen molar-refractivity contribution < 1.29 is 14.3 Å². The lowest BCUT2D eigenvalue weighted by Crippen LogP contribution is -2.00. The Labute approximate surface area is 131 Å². The van der Waals surface area contributed by atoms with Gasteiger partial charge in [-0.2, -0.15) is 0 Å². The molecule has 1 rings (SSSR count). The summed E-state index contributed by atoms with van der Waals surface area (Å²) in [6.07, 6.45) is 10.2. The molecule has 0 bridgehead atoms. The van der Waals surface area contributed by atoms with E-state index in [-0.39, 0.29) is 5.56 Å². The second kappa shape index (κ2) is 10.7. The Morgan fingerprint density at radius 1 is 1.10 bits per heavy atom. The molecule has 0 heterocycles. The van der Waals surface area contributed by atoms with E-state index in [4.69, 9.17) is 5.11 Å². The molecule has 0 fully saturated rings. The molecule has 0 saturated carbocycles. The van der Waals surface area contributed by atoms with Crippen molar-refractivity contribution in [2.75, 3.05) is 5.75 Å². The van der Waals surface area contributed by atoms with Crippen LogP contribution in [-0.4, -0.2) is 16.8 Å². The van der Waals surface area contributed by atoms with Gasteiger partial charge in [-0.1, -0.05) is 51.9 Å². The number of benzene rings is 1.